The van der Waals surface area contributed by atoms with Crippen molar-refractivity contribution in [1.29, 1.82) is 0 Å². The molecule has 168 valence electrons. The molecule has 3 heterocycles. The molecule has 0 bridgehead atoms. The summed E-state index contributed by atoms with van der Waals surface area (Å²) in [4.78, 5) is 44.5. The standard InChI is InChI=1S/C23H19N3O4S3/c1-14-9-10-18-24-20(32-15-6-3-2-4-7-15)16(21(29)26(18)13-14)12-17-22(30)25(23(31)33-17)11-5-8-19(27)28/h2-4,6-7,9-10,12-13H,5,8,11H2,1H3,(H,27,28)/b17-12-. The number of rotatable bonds is 7. The Bertz CT molecular complexity index is 1350. The molecule has 33 heavy (non-hydrogen) atoms. The predicted molar refractivity (Wildman–Crippen MR) is 134 cm³/mol. The van der Waals surface area contributed by atoms with E-state index < -0.39 is 5.97 Å². The molecule has 0 atom stereocenters. The number of carbonyl (C=O) groups excluding carboxylic acids is 1. The SMILES string of the molecule is Cc1ccc2nc(Sc3ccccc3)c(/C=C3\SC(=S)N(CCCC(=O)O)C3=O)c(=O)n2c1. The topological polar surface area (TPSA) is 92.0 Å². The van der Waals surface area contributed by atoms with E-state index in [1.807, 2.05) is 43.3 Å². The Labute approximate surface area is 203 Å². The van der Waals surface area contributed by atoms with E-state index in [2.05, 4.69) is 0 Å². The number of carboxylic acids is 1. The molecule has 3 aromatic rings. The van der Waals surface area contributed by atoms with E-state index in [9.17, 15) is 14.4 Å². The fourth-order valence-corrected chi connectivity index (χ4v) is 5.45. The van der Waals surface area contributed by atoms with E-state index in [4.69, 9.17) is 22.3 Å². The lowest BCUT2D eigenvalue weighted by atomic mass is 10.2. The second-order valence-corrected chi connectivity index (χ2v) is 10.1. The van der Waals surface area contributed by atoms with Gasteiger partial charge < -0.3 is 5.11 Å². The summed E-state index contributed by atoms with van der Waals surface area (Å²) in [5.41, 5.74) is 1.45. The van der Waals surface area contributed by atoms with Gasteiger partial charge in [-0.1, -0.05) is 60.0 Å². The van der Waals surface area contributed by atoms with Gasteiger partial charge in [0, 0.05) is 24.1 Å². The minimum Gasteiger partial charge on any atom is -0.481 e. The maximum Gasteiger partial charge on any atom is 0.303 e. The first kappa shape index (κ1) is 23.2. The normalized spacial score (nSPS) is 15.1. The number of aryl methyl sites for hydroxylation is 1. The van der Waals surface area contributed by atoms with Gasteiger partial charge in [-0.25, -0.2) is 4.98 Å². The highest BCUT2D eigenvalue weighted by molar-refractivity contribution is 8.26. The number of thioether (sulfide) groups is 1. The number of thiocarbonyl (C=S) groups is 1. The highest BCUT2D eigenvalue weighted by Gasteiger charge is 2.32. The van der Waals surface area contributed by atoms with Crippen LogP contribution < -0.4 is 5.56 Å². The fraction of sp³-hybridized carbons (Fsp3) is 0.174. The quantitative estimate of drug-likeness (QED) is 0.295. The van der Waals surface area contributed by atoms with Crippen molar-refractivity contribution in [2.45, 2.75) is 29.7 Å². The van der Waals surface area contributed by atoms with Crippen molar-refractivity contribution in [3.8, 4) is 0 Å². The summed E-state index contributed by atoms with van der Waals surface area (Å²) >= 11 is 7.78. The molecule has 0 spiro atoms. The zero-order chi connectivity index (χ0) is 23.5. The van der Waals surface area contributed by atoms with Crippen LogP contribution in [-0.4, -0.2) is 42.1 Å². The van der Waals surface area contributed by atoms with Crippen LogP contribution in [0.1, 0.15) is 24.0 Å². The number of hydrogen-bond donors (Lipinski definition) is 1. The van der Waals surface area contributed by atoms with Crippen molar-refractivity contribution in [2.75, 3.05) is 6.54 Å². The molecule has 0 unspecified atom stereocenters. The molecule has 1 aliphatic heterocycles. The average molecular weight is 498 g/mol. The Morgan fingerprint density at radius 2 is 1.97 bits per heavy atom. The van der Waals surface area contributed by atoms with Crippen molar-refractivity contribution in [3.05, 3.63) is 75.0 Å². The molecule has 1 fully saturated rings. The highest BCUT2D eigenvalue weighted by atomic mass is 32.2. The fourth-order valence-electron chi connectivity index (χ4n) is 3.25. The first-order valence-corrected chi connectivity index (χ1v) is 12.1. The lowest BCUT2D eigenvalue weighted by Crippen LogP contribution is -2.29. The second kappa shape index (κ2) is 9.90. The molecule has 4 rings (SSSR count). The van der Waals surface area contributed by atoms with Gasteiger partial charge in [0.15, 0.2) is 0 Å². The summed E-state index contributed by atoms with van der Waals surface area (Å²) in [6, 6.07) is 13.2. The number of hydrogen-bond acceptors (Lipinski definition) is 7. The third-order valence-corrected chi connectivity index (χ3v) is 7.24. The molecule has 1 amide bonds. The van der Waals surface area contributed by atoms with Crippen molar-refractivity contribution in [2.24, 2.45) is 0 Å². The summed E-state index contributed by atoms with van der Waals surface area (Å²) in [6.07, 6.45) is 3.51. The molecule has 1 aromatic carbocycles. The minimum absolute atomic E-state index is 0.0523. The molecule has 1 aliphatic rings. The number of carboxylic acid groups (broad SMARTS) is 1. The minimum atomic E-state index is -0.927. The molecular formula is C23H19N3O4S3. The van der Waals surface area contributed by atoms with Crippen molar-refractivity contribution in [3.63, 3.8) is 0 Å². The van der Waals surface area contributed by atoms with Crippen LogP contribution in [0.25, 0.3) is 11.7 Å². The lowest BCUT2D eigenvalue weighted by Gasteiger charge is -2.13. The third kappa shape index (κ3) is 5.18. The van der Waals surface area contributed by atoms with Crippen molar-refractivity contribution in [1.82, 2.24) is 14.3 Å². The molecule has 0 saturated carbocycles. The van der Waals surface area contributed by atoms with E-state index >= 15 is 0 Å². The Morgan fingerprint density at radius 1 is 1.21 bits per heavy atom. The van der Waals surface area contributed by atoms with Gasteiger partial charge in [0.1, 0.15) is 15.0 Å². The molecule has 0 radical (unpaired) electrons. The van der Waals surface area contributed by atoms with Crippen LogP contribution in [0.4, 0.5) is 0 Å². The van der Waals surface area contributed by atoms with E-state index in [-0.39, 0.29) is 24.4 Å². The summed E-state index contributed by atoms with van der Waals surface area (Å²) in [7, 11) is 0. The van der Waals surface area contributed by atoms with E-state index in [1.54, 1.807) is 18.3 Å². The summed E-state index contributed by atoms with van der Waals surface area (Å²) in [6.45, 7) is 2.11. The van der Waals surface area contributed by atoms with Crippen molar-refractivity contribution < 1.29 is 14.7 Å². The largest absolute Gasteiger partial charge is 0.481 e. The number of fused-ring (bicyclic) bond motifs is 1. The maximum atomic E-state index is 13.4. The zero-order valence-electron chi connectivity index (χ0n) is 17.6. The van der Waals surface area contributed by atoms with Crippen LogP contribution in [0.5, 0.6) is 0 Å². The Balaban J connectivity index is 1.76. The maximum absolute atomic E-state index is 13.4. The molecule has 10 heteroatoms. The van der Waals surface area contributed by atoms with E-state index in [1.165, 1.54) is 21.1 Å². The van der Waals surface area contributed by atoms with Gasteiger partial charge in [0.05, 0.1) is 10.5 Å². The molecule has 7 nitrogen and oxygen atoms in total. The highest BCUT2D eigenvalue weighted by Crippen LogP contribution is 2.35. The summed E-state index contributed by atoms with van der Waals surface area (Å²) in [5, 5.41) is 9.35. The number of aliphatic carboxylic acids is 1. The van der Waals surface area contributed by atoms with E-state index in [0.717, 1.165) is 22.2 Å². The molecule has 2 aromatic heterocycles. The first-order chi connectivity index (χ1) is 15.8. The molecule has 1 N–H and O–H groups in total. The molecular weight excluding hydrogens is 478 g/mol. The average Bonchev–Trinajstić information content (AvgIpc) is 3.05. The second-order valence-electron chi connectivity index (χ2n) is 7.32. The van der Waals surface area contributed by atoms with Gasteiger partial charge in [-0.15, -0.1) is 0 Å². The van der Waals surface area contributed by atoms with Crippen LogP contribution in [0.15, 0.2) is 68.3 Å². The predicted octanol–water partition coefficient (Wildman–Crippen LogP) is 4.22. The van der Waals surface area contributed by atoms with Crippen LogP contribution in [-0.2, 0) is 9.59 Å². The smallest absolute Gasteiger partial charge is 0.303 e. The van der Waals surface area contributed by atoms with Crippen LogP contribution in [0, 0.1) is 6.92 Å². The number of pyridine rings is 1. The number of carbonyl (C=O) groups is 2. The summed E-state index contributed by atoms with van der Waals surface area (Å²) in [5.74, 6) is -1.26. The van der Waals surface area contributed by atoms with Crippen molar-refractivity contribution >= 4 is 63.7 Å². The van der Waals surface area contributed by atoms with Gasteiger partial charge >= 0.3 is 5.97 Å². The zero-order valence-corrected chi connectivity index (χ0v) is 20.0. The summed E-state index contributed by atoms with van der Waals surface area (Å²) < 4.78 is 1.82. The van der Waals surface area contributed by atoms with E-state index in [0.29, 0.717) is 31.9 Å². The first-order valence-electron chi connectivity index (χ1n) is 10.1. The number of benzene rings is 1. The van der Waals surface area contributed by atoms with Crippen LogP contribution in [0.2, 0.25) is 0 Å². The van der Waals surface area contributed by atoms with Gasteiger partial charge in [-0.05, 0) is 43.2 Å². The monoisotopic (exact) mass is 497 g/mol. The van der Waals surface area contributed by atoms with Crippen LogP contribution in [0.3, 0.4) is 0 Å². The number of amides is 1. The van der Waals surface area contributed by atoms with Gasteiger partial charge in [0.2, 0.25) is 0 Å². The molecule has 0 aliphatic carbocycles. The van der Waals surface area contributed by atoms with Crippen LogP contribution >= 0.6 is 35.7 Å². The van der Waals surface area contributed by atoms with Gasteiger partial charge in [-0.3, -0.25) is 23.7 Å². The molecule has 1 saturated heterocycles. The van der Waals surface area contributed by atoms with Gasteiger partial charge in [-0.2, -0.15) is 0 Å². The number of nitrogens with zero attached hydrogens (tertiary/aromatic N) is 3. The Hall–Kier alpha value is -2.95. The third-order valence-electron chi connectivity index (χ3n) is 4.85. The Kier molecular flexibility index (Phi) is 6.96. The van der Waals surface area contributed by atoms with Gasteiger partial charge in [0.25, 0.3) is 11.5 Å². The lowest BCUT2D eigenvalue weighted by molar-refractivity contribution is -0.137. The number of aromatic nitrogens is 2. The Morgan fingerprint density at radius 3 is 2.70 bits per heavy atom.